The van der Waals surface area contributed by atoms with Crippen molar-refractivity contribution in [2.45, 2.75) is 24.8 Å². The van der Waals surface area contributed by atoms with Gasteiger partial charge in [0.25, 0.3) is 0 Å². The zero-order valence-corrected chi connectivity index (χ0v) is 10.8. The Balaban J connectivity index is 1.95. The van der Waals surface area contributed by atoms with Gasteiger partial charge in [0.15, 0.2) is 0 Å². The average Bonchev–Trinajstić information content (AvgIpc) is 3.01. The second-order valence-electron chi connectivity index (χ2n) is 4.63. The molecule has 3 rings (SSSR count). The Hall–Kier alpha value is -1.12. The van der Waals surface area contributed by atoms with Crippen LogP contribution in [0.25, 0.3) is 0 Å². The molecule has 0 bridgehead atoms. The summed E-state index contributed by atoms with van der Waals surface area (Å²) < 4.78 is 0. The summed E-state index contributed by atoms with van der Waals surface area (Å²) in [6.07, 6.45) is 2.49. The third-order valence-corrected chi connectivity index (χ3v) is 4.70. The lowest BCUT2D eigenvalue weighted by atomic mass is 9.92. The summed E-state index contributed by atoms with van der Waals surface area (Å²) in [7, 11) is 2.07. The quantitative estimate of drug-likeness (QED) is 0.866. The molecule has 1 aliphatic rings. The van der Waals surface area contributed by atoms with Gasteiger partial charge in [0.2, 0.25) is 0 Å². The Kier molecular flexibility index (Phi) is 3.00. The smallest absolute Gasteiger partial charge is 0.0482 e. The van der Waals surface area contributed by atoms with E-state index >= 15 is 0 Å². The molecule has 88 valence electrons. The number of benzene rings is 1. The molecule has 0 spiro atoms. The number of fused-ring (bicyclic) bond motifs is 1. The van der Waals surface area contributed by atoms with Crippen LogP contribution in [0.3, 0.4) is 0 Å². The standard InChI is InChI=1S/C15H17NS/c1-16-15(14-7-4-10-17-14)13-9-8-11-5-2-3-6-12(11)13/h2-7,10,13,15-16H,8-9H2,1H3. The predicted molar refractivity (Wildman–Crippen MR) is 73.6 cm³/mol. The molecule has 0 amide bonds. The van der Waals surface area contributed by atoms with Crippen LogP contribution in [-0.4, -0.2) is 7.05 Å². The molecular weight excluding hydrogens is 226 g/mol. The summed E-state index contributed by atoms with van der Waals surface area (Å²) >= 11 is 1.85. The third kappa shape index (κ3) is 1.92. The first kappa shape index (κ1) is 11.0. The van der Waals surface area contributed by atoms with Gasteiger partial charge in [0, 0.05) is 16.8 Å². The van der Waals surface area contributed by atoms with Gasteiger partial charge in [-0.3, -0.25) is 0 Å². The maximum atomic E-state index is 3.50. The predicted octanol–water partition coefficient (Wildman–Crippen LogP) is 3.74. The maximum absolute atomic E-state index is 3.50. The van der Waals surface area contributed by atoms with Crippen molar-refractivity contribution in [1.82, 2.24) is 5.32 Å². The zero-order valence-electron chi connectivity index (χ0n) is 10.0. The number of rotatable bonds is 3. The number of likely N-dealkylation sites (N-methyl/N-ethyl adjacent to an activating group) is 1. The lowest BCUT2D eigenvalue weighted by Crippen LogP contribution is -2.21. The molecule has 0 radical (unpaired) electrons. The minimum atomic E-state index is 0.471. The van der Waals surface area contributed by atoms with Gasteiger partial charge in [0.05, 0.1) is 0 Å². The van der Waals surface area contributed by atoms with Gasteiger partial charge in [-0.25, -0.2) is 0 Å². The molecule has 1 nitrogen and oxygen atoms in total. The van der Waals surface area contributed by atoms with Crippen molar-refractivity contribution in [2.24, 2.45) is 0 Å². The minimum Gasteiger partial charge on any atom is -0.312 e. The van der Waals surface area contributed by atoms with Crippen molar-refractivity contribution in [3.8, 4) is 0 Å². The van der Waals surface area contributed by atoms with E-state index in [4.69, 9.17) is 0 Å². The van der Waals surface area contributed by atoms with Crippen LogP contribution in [0.5, 0.6) is 0 Å². The first-order chi connectivity index (χ1) is 8.40. The summed E-state index contributed by atoms with van der Waals surface area (Å²) in [5.41, 5.74) is 3.08. The third-order valence-electron chi connectivity index (χ3n) is 3.74. The van der Waals surface area contributed by atoms with Crippen molar-refractivity contribution in [3.05, 3.63) is 57.8 Å². The number of thiophene rings is 1. The molecule has 1 aliphatic carbocycles. The van der Waals surface area contributed by atoms with Crippen LogP contribution in [0.1, 0.15) is 34.4 Å². The van der Waals surface area contributed by atoms with Gasteiger partial charge < -0.3 is 5.32 Å². The van der Waals surface area contributed by atoms with Gasteiger partial charge in [-0.2, -0.15) is 0 Å². The molecule has 2 heteroatoms. The fraction of sp³-hybridized carbons (Fsp3) is 0.333. The van der Waals surface area contributed by atoms with Crippen molar-refractivity contribution in [1.29, 1.82) is 0 Å². The van der Waals surface area contributed by atoms with E-state index < -0.39 is 0 Å². The zero-order chi connectivity index (χ0) is 11.7. The summed E-state index contributed by atoms with van der Waals surface area (Å²) in [6, 6.07) is 13.7. The number of hydrogen-bond donors (Lipinski definition) is 1. The normalized spacial score (nSPS) is 20.2. The van der Waals surface area contributed by atoms with Crippen LogP contribution in [0.4, 0.5) is 0 Å². The molecule has 0 saturated carbocycles. The van der Waals surface area contributed by atoms with E-state index in [1.54, 1.807) is 5.56 Å². The van der Waals surface area contributed by atoms with Gasteiger partial charge in [-0.1, -0.05) is 30.3 Å². The summed E-state index contributed by atoms with van der Waals surface area (Å²) in [4.78, 5) is 1.45. The van der Waals surface area contributed by atoms with E-state index in [1.807, 2.05) is 11.3 Å². The highest BCUT2D eigenvalue weighted by Crippen LogP contribution is 2.42. The van der Waals surface area contributed by atoms with Crippen molar-refractivity contribution < 1.29 is 0 Å². The van der Waals surface area contributed by atoms with E-state index in [0.717, 1.165) is 0 Å². The molecule has 0 fully saturated rings. The monoisotopic (exact) mass is 243 g/mol. The summed E-state index contributed by atoms with van der Waals surface area (Å²) in [6.45, 7) is 0. The van der Waals surface area contributed by atoms with E-state index in [9.17, 15) is 0 Å². The second-order valence-corrected chi connectivity index (χ2v) is 5.61. The van der Waals surface area contributed by atoms with Crippen LogP contribution < -0.4 is 5.32 Å². The molecule has 1 N–H and O–H groups in total. The SMILES string of the molecule is CNC(c1cccs1)C1CCc2ccccc21. The lowest BCUT2D eigenvalue weighted by molar-refractivity contribution is 0.483. The molecule has 2 aromatic rings. The second kappa shape index (κ2) is 4.63. The van der Waals surface area contributed by atoms with E-state index in [-0.39, 0.29) is 0 Å². The Morgan fingerprint density at radius 3 is 2.88 bits per heavy atom. The average molecular weight is 243 g/mol. The van der Waals surface area contributed by atoms with Gasteiger partial charge in [-0.15, -0.1) is 11.3 Å². The van der Waals surface area contributed by atoms with Crippen LogP contribution in [0, 0.1) is 0 Å². The van der Waals surface area contributed by atoms with E-state index in [0.29, 0.717) is 12.0 Å². The summed E-state index contributed by atoms with van der Waals surface area (Å²) in [5, 5.41) is 5.66. The Labute approximate surface area is 106 Å². The maximum Gasteiger partial charge on any atom is 0.0482 e. The fourth-order valence-corrected chi connectivity index (χ4v) is 3.85. The number of nitrogens with one attached hydrogen (secondary N) is 1. The van der Waals surface area contributed by atoms with Crippen LogP contribution in [-0.2, 0) is 6.42 Å². The van der Waals surface area contributed by atoms with E-state index in [2.05, 4.69) is 54.1 Å². The molecule has 17 heavy (non-hydrogen) atoms. The molecule has 1 aromatic heterocycles. The minimum absolute atomic E-state index is 0.471. The molecule has 2 unspecified atom stereocenters. The Morgan fingerprint density at radius 1 is 1.24 bits per heavy atom. The van der Waals surface area contributed by atoms with Crippen molar-refractivity contribution >= 4 is 11.3 Å². The molecule has 1 heterocycles. The highest BCUT2D eigenvalue weighted by Gasteiger charge is 2.29. The summed E-state index contributed by atoms with van der Waals surface area (Å²) in [5.74, 6) is 0.634. The molecule has 0 saturated heterocycles. The fourth-order valence-electron chi connectivity index (χ4n) is 2.95. The largest absolute Gasteiger partial charge is 0.312 e. The topological polar surface area (TPSA) is 12.0 Å². The Bertz CT molecular complexity index is 489. The Morgan fingerprint density at radius 2 is 2.12 bits per heavy atom. The van der Waals surface area contributed by atoms with Gasteiger partial charge in [0.1, 0.15) is 0 Å². The first-order valence-corrected chi connectivity index (χ1v) is 7.06. The van der Waals surface area contributed by atoms with Crippen LogP contribution >= 0.6 is 11.3 Å². The van der Waals surface area contributed by atoms with E-state index in [1.165, 1.54) is 23.3 Å². The van der Waals surface area contributed by atoms with Crippen molar-refractivity contribution in [3.63, 3.8) is 0 Å². The first-order valence-electron chi connectivity index (χ1n) is 6.18. The number of aryl methyl sites for hydroxylation is 1. The lowest BCUT2D eigenvalue weighted by Gasteiger charge is -2.23. The van der Waals surface area contributed by atoms with Crippen LogP contribution in [0.2, 0.25) is 0 Å². The van der Waals surface area contributed by atoms with Gasteiger partial charge >= 0.3 is 0 Å². The number of hydrogen-bond acceptors (Lipinski definition) is 2. The highest BCUT2D eigenvalue weighted by molar-refractivity contribution is 7.10. The molecule has 0 aliphatic heterocycles. The molecule has 2 atom stereocenters. The van der Waals surface area contributed by atoms with Gasteiger partial charge in [-0.05, 0) is 42.5 Å². The van der Waals surface area contributed by atoms with Crippen molar-refractivity contribution in [2.75, 3.05) is 7.05 Å². The van der Waals surface area contributed by atoms with Crippen LogP contribution in [0.15, 0.2) is 41.8 Å². The molecular formula is C15H17NS. The highest BCUT2D eigenvalue weighted by atomic mass is 32.1. The molecule has 1 aromatic carbocycles.